The summed E-state index contributed by atoms with van der Waals surface area (Å²) >= 11 is 0. The van der Waals surface area contributed by atoms with Gasteiger partial charge >= 0.3 is 0 Å². The van der Waals surface area contributed by atoms with E-state index in [2.05, 4.69) is 37.3 Å². The summed E-state index contributed by atoms with van der Waals surface area (Å²) < 4.78 is 0. The normalized spacial score (nSPS) is 11.3. The second kappa shape index (κ2) is 13.9. The predicted octanol–water partition coefficient (Wildman–Crippen LogP) is 7.20. The zero-order chi connectivity index (χ0) is 15.0. The summed E-state index contributed by atoms with van der Waals surface area (Å²) in [7, 11) is 0. The molecule has 117 valence electrons. The van der Waals surface area contributed by atoms with Crippen molar-refractivity contribution >= 4 is 6.08 Å². The molecule has 0 N–H and O–H groups in total. The van der Waals surface area contributed by atoms with Crippen LogP contribution in [-0.4, -0.2) is 0 Å². The van der Waals surface area contributed by atoms with E-state index in [-0.39, 0.29) is 0 Å². The molecule has 0 aromatic heterocycles. The third kappa shape index (κ3) is 11.3. The quantitative estimate of drug-likeness (QED) is 0.336. The minimum absolute atomic E-state index is 1.22. The van der Waals surface area contributed by atoms with Gasteiger partial charge in [-0.05, 0) is 24.5 Å². The van der Waals surface area contributed by atoms with E-state index in [1.807, 2.05) is 12.1 Å². The van der Waals surface area contributed by atoms with Gasteiger partial charge in [-0.25, -0.2) is 0 Å². The van der Waals surface area contributed by atoms with Crippen molar-refractivity contribution in [3.05, 3.63) is 42.0 Å². The van der Waals surface area contributed by atoms with Gasteiger partial charge in [-0.3, -0.25) is 0 Å². The van der Waals surface area contributed by atoms with Gasteiger partial charge in [-0.2, -0.15) is 0 Å². The van der Waals surface area contributed by atoms with E-state index in [0.29, 0.717) is 0 Å². The standard InChI is InChI=1S/C21H33/c1-2-3-4-5-6-7-8-9-10-11-12-13-15-18-21-19-16-14-17-20-21/h15-20H,2-13H2,1H3. The molecule has 0 bridgehead atoms. The van der Waals surface area contributed by atoms with Gasteiger partial charge in [0, 0.05) is 0 Å². The average Bonchev–Trinajstić information content (AvgIpc) is 2.53. The molecule has 1 radical (unpaired) electrons. The van der Waals surface area contributed by atoms with Crippen LogP contribution in [-0.2, 0) is 0 Å². The van der Waals surface area contributed by atoms with E-state index in [1.54, 1.807) is 0 Å². The summed E-state index contributed by atoms with van der Waals surface area (Å²) in [5.41, 5.74) is 1.29. The molecule has 0 aliphatic carbocycles. The number of allylic oxidation sites excluding steroid dienone is 1. The van der Waals surface area contributed by atoms with E-state index in [1.165, 1.54) is 82.6 Å². The molecule has 0 fully saturated rings. The second-order valence-corrected chi connectivity index (χ2v) is 6.06. The third-order valence-electron chi connectivity index (χ3n) is 4.03. The van der Waals surface area contributed by atoms with Gasteiger partial charge in [0.2, 0.25) is 0 Å². The Morgan fingerprint density at radius 1 is 0.762 bits per heavy atom. The minimum Gasteiger partial charge on any atom is -0.0839 e. The smallest absolute Gasteiger partial charge is 0.0184 e. The summed E-state index contributed by atoms with van der Waals surface area (Å²) in [4.78, 5) is 0. The van der Waals surface area contributed by atoms with Crippen LogP contribution in [0, 0.1) is 6.07 Å². The molecule has 0 saturated heterocycles. The molecule has 0 nitrogen and oxygen atoms in total. The lowest BCUT2D eigenvalue weighted by Crippen LogP contribution is -1.82. The first-order chi connectivity index (χ1) is 10.4. The highest BCUT2D eigenvalue weighted by Gasteiger charge is 1.92. The summed E-state index contributed by atoms with van der Waals surface area (Å²) in [6.07, 6.45) is 21.4. The molecule has 1 aromatic carbocycles. The first kappa shape index (κ1) is 18.0. The Morgan fingerprint density at radius 2 is 1.29 bits per heavy atom. The van der Waals surface area contributed by atoms with Crippen LogP contribution in [0.5, 0.6) is 0 Å². The van der Waals surface area contributed by atoms with Crippen molar-refractivity contribution < 1.29 is 0 Å². The zero-order valence-electron chi connectivity index (χ0n) is 13.9. The van der Waals surface area contributed by atoms with Crippen LogP contribution >= 0.6 is 0 Å². The topological polar surface area (TPSA) is 0 Å². The average molecular weight is 285 g/mol. The Balaban J connectivity index is 1.82. The van der Waals surface area contributed by atoms with Gasteiger partial charge < -0.3 is 0 Å². The maximum atomic E-state index is 3.05. The molecule has 0 atom stereocenters. The minimum atomic E-state index is 1.22. The molecule has 21 heavy (non-hydrogen) atoms. The van der Waals surface area contributed by atoms with Gasteiger partial charge in [-0.1, -0.05) is 108 Å². The number of hydrogen-bond donors (Lipinski definition) is 0. The Hall–Kier alpha value is -1.04. The lowest BCUT2D eigenvalue weighted by atomic mass is 10.1. The molecule has 0 heteroatoms. The van der Waals surface area contributed by atoms with Gasteiger partial charge in [0.25, 0.3) is 0 Å². The number of benzene rings is 1. The Kier molecular flexibility index (Phi) is 11.9. The summed E-state index contributed by atoms with van der Waals surface area (Å²) in [5.74, 6) is 0. The zero-order valence-corrected chi connectivity index (χ0v) is 13.9. The van der Waals surface area contributed by atoms with E-state index in [0.717, 1.165) is 0 Å². The highest BCUT2D eigenvalue weighted by atomic mass is 14.0. The largest absolute Gasteiger partial charge is 0.0839 e. The SMILES string of the molecule is CCCCCCCCCCCCCC=Cc1cc[c]cc1. The maximum Gasteiger partial charge on any atom is -0.0184 e. The van der Waals surface area contributed by atoms with Crippen molar-refractivity contribution in [1.29, 1.82) is 0 Å². The molecule has 0 aliphatic rings. The van der Waals surface area contributed by atoms with Crippen LogP contribution in [0.25, 0.3) is 6.08 Å². The fraction of sp³-hybridized carbons (Fsp3) is 0.619. The molecular weight excluding hydrogens is 252 g/mol. The number of rotatable bonds is 13. The van der Waals surface area contributed by atoms with Crippen molar-refractivity contribution in [2.75, 3.05) is 0 Å². The Morgan fingerprint density at radius 3 is 1.86 bits per heavy atom. The van der Waals surface area contributed by atoms with Crippen molar-refractivity contribution in [2.45, 2.75) is 84.0 Å². The molecule has 0 saturated carbocycles. The van der Waals surface area contributed by atoms with Crippen molar-refractivity contribution in [2.24, 2.45) is 0 Å². The van der Waals surface area contributed by atoms with Crippen molar-refractivity contribution in [3.63, 3.8) is 0 Å². The first-order valence-electron chi connectivity index (χ1n) is 9.06. The van der Waals surface area contributed by atoms with E-state index in [4.69, 9.17) is 0 Å². The maximum absolute atomic E-state index is 3.05. The Bertz CT molecular complexity index is 336. The highest BCUT2D eigenvalue weighted by molar-refractivity contribution is 5.48. The molecule has 0 unspecified atom stereocenters. The van der Waals surface area contributed by atoms with Crippen LogP contribution in [0.15, 0.2) is 30.3 Å². The fourth-order valence-corrected chi connectivity index (χ4v) is 2.66. The van der Waals surface area contributed by atoms with Crippen LogP contribution in [0.3, 0.4) is 0 Å². The number of hydrogen-bond acceptors (Lipinski definition) is 0. The van der Waals surface area contributed by atoms with Crippen LogP contribution in [0.4, 0.5) is 0 Å². The lowest BCUT2D eigenvalue weighted by molar-refractivity contribution is 0.550. The van der Waals surface area contributed by atoms with Gasteiger partial charge in [0.05, 0.1) is 0 Å². The van der Waals surface area contributed by atoms with E-state index in [9.17, 15) is 0 Å². The predicted molar refractivity (Wildman–Crippen MR) is 95.4 cm³/mol. The molecule has 0 heterocycles. The van der Waals surface area contributed by atoms with E-state index >= 15 is 0 Å². The van der Waals surface area contributed by atoms with Crippen LogP contribution < -0.4 is 0 Å². The summed E-state index contributed by atoms with van der Waals surface area (Å²) in [6, 6.07) is 11.2. The van der Waals surface area contributed by atoms with Crippen LogP contribution in [0.2, 0.25) is 0 Å². The monoisotopic (exact) mass is 285 g/mol. The second-order valence-electron chi connectivity index (χ2n) is 6.06. The highest BCUT2D eigenvalue weighted by Crippen LogP contribution is 2.12. The molecule has 0 spiro atoms. The lowest BCUT2D eigenvalue weighted by Gasteiger charge is -2.01. The summed E-state index contributed by atoms with van der Waals surface area (Å²) in [6.45, 7) is 2.29. The molecule has 1 rings (SSSR count). The van der Waals surface area contributed by atoms with E-state index < -0.39 is 0 Å². The Labute approximate surface area is 132 Å². The van der Waals surface area contributed by atoms with Crippen molar-refractivity contribution in [3.8, 4) is 0 Å². The van der Waals surface area contributed by atoms with Crippen molar-refractivity contribution in [1.82, 2.24) is 0 Å². The molecule has 0 amide bonds. The first-order valence-corrected chi connectivity index (χ1v) is 9.06. The third-order valence-corrected chi connectivity index (χ3v) is 4.03. The van der Waals surface area contributed by atoms with Gasteiger partial charge in [0.15, 0.2) is 0 Å². The molecule has 1 aromatic rings. The summed E-state index contributed by atoms with van der Waals surface area (Å²) in [5, 5.41) is 0. The van der Waals surface area contributed by atoms with Gasteiger partial charge in [0.1, 0.15) is 0 Å². The fourth-order valence-electron chi connectivity index (χ4n) is 2.66. The molecular formula is C21H33. The number of unbranched alkanes of at least 4 members (excludes halogenated alkanes) is 11. The van der Waals surface area contributed by atoms with Crippen LogP contribution in [0.1, 0.15) is 89.5 Å². The molecule has 0 aliphatic heterocycles. The van der Waals surface area contributed by atoms with Gasteiger partial charge in [-0.15, -0.1) is 0 Å².